The third-order valence-electron chi connectivity index (χ3n) is 4.09. The van der Waals surface area contributed by atoms with Crippen LogP contribution in [-0.4, -0.2) is 35.9 Å². The fourth-order valence-corrected chi connectivity index (χ4v) is 5.84. The average Bonchev–Trinajstić information content (AvgIpc) is 3.34. The first-order valence-electron chi connectivity index (χ1n) is 8.80. The van der Waals surface area contributed by atoms with E-state index in [0.717, 1.165) is 11.1 Å². The molecule has 1 aromatic carbocycles. The van der Waals surface area contributed by atoms with Crippen molar-refractivity contribution in [3.63, 3.8) is 0 Å². The quantitative estimate of drug-likeness (QED) is 0.419. The molecule has 0 saturated carbocycles. The van der Waals surface area contributed by atoms with Crippen molar-refractivity contribution in [3.05, 3.63) is 51.2 Å². The first-order chi connectivity index (χ1) is 14.2. The molecule has 12 heteroatoms. The van der Waals surface area contributed by atoms with Crippen LogP contribution in [0.3, 0.4) is 0 Å². The Kier molecular flexibility index (Phi) is 5.90. The summed E-state index contributed by atoms with van der Waals surface area (Å²) in [5, 5.41) is 8.58. The summed E-state index contributed by atoms with van der Waals surface area (Å²) in [5.41, 5.74) is 1.05. The van der Waals surface area contributed by atoms with E-state index in [1.807, 2.05) is 0 Å². The highest BCUT2D eigenvalue weighted by Crippen LogP contribution is 2.37. The molecular weight excluding hydrogens is 471 g/mol. The molecule has 30 heavy (non-hydrogen) atoms. The van der Waals surface area contributed by atoms with Gasteiger partial charge in [-0.3, -0.25) is 0 Å². The Bertz CT molecular complexity index is 1320. The van der Waals surface area contributed by atoms with Crippen LogP contribution in [0.1, 0.15) is 23.7 Å². The molecule has 3 aromatic heterocycles. The zero-order chi connectivity index (χ0) is 21.5. The van der Waals surface area contributed by atoms with Gasteiger partial charge < -0.3 is 4.42 Å². The van der Waals surface area contributed by atoms with Crippen molar-refractivity contribution in [2.45, 2.75) is 25.8 Å². The van der Waals surface area contributed by atoms with Gasteiger partial charge in [-0.25, -0.2) is 22.5 Å². The van der Waals surface area contributed by atoms with Crippen molar-refractivity contribution in [2.24, 2.45) is 0 Å². The molecular formula is C18H16ClFN4O3S3. The van der Waals surface area contributed by atoms with Crippen LogP contribution >= 0.6 is 34.3 Å². The fraction of sp³-hybridized carbons (Fsp3) is 0.278. The smallest absolute Gasteiger partial charge is 0.223 e. The fourth-order valence-electron chi connectivity index (χ4n) is 2.97. The zero-order valence-electron chi connectivity index (χ0n) is 15.8. The number of rotatable bonds is 7. The zero-order valence-corrected chi connectivity index (χ0v) is 19.1. The topological polar surface area (TPSA) is 98.0 Å². The van der Waals surface area contributed by atoms with Gasteiger partial charge in [-0.05, 0) is 31.2 Å². The van der Waals surface area contributed by atoms with Crippen LogP contribution in [0.5, 0.6) is 0 Å². The Morgan fingerprint density at radius 2 is 1.97 bits per heavy atom. The van der Waals surface area contributed by atoms with Crippen LogP contribution in [0.2, 0.25) is 4.34 Å². The van der Waals surface area contributed by atoms with Crippen molar-refractivity contribution in [1.82, 2.24) is 19.9 Å². The molecule has 0 aliphatic carbocycles. The minimum atomic E-state index is -3.32. The molecule has 0 radical (unpaired) electrons. The Labute approximate surface area is 185 Å². The SMILES string of the molecule is CC(Cc1nnc(Cc2nc3ccc(-c4ccc(Cl)s4)c(F)c3s2)o1)NS(C)(=O)=O. The predicted octanol–water partition coefficient (Wildman–Crippen LogP) is 4.27. The number of aromatic nitrogens is 3. The minimum absolute atomic E-state index is 0.264. The van der Waals surface area contributed by atoms with Crippen LogP contribution < -0.4 is 4.72 Å². The number of benzene rings is 1. The number of hydrogen-bond acceptors (Lipinski definition) is 8. The second-order valence-electron chi connectivity index (χ2n) is 6.75. The van der Waals surface area contributed by atoms with Gasteiger partial charge in [-0.15, -0.1) is 32.9 Å². The van der Waals surface area contributed by atoms with Gasteiger partial charge in [0.2, 0.25) is 21.8 Å². The molecule has 0 bridgehead atoms. The van der Waals surface area contributed by atoms with Crippen molar-refractivity contribution in [1.29, 1.82) is 0 Å². The molecule has 0 amide bonds. The monoisotopic (exact) mass is 486 g/mol. The van der Waals surface area contributed by atoms with Crippen LogP contribution in [-0.2, 0) is 22.9 Å². The van der Waals surface area contributed by atoms with E-state index in [4.69, 9.17) is 16.0 Å². The van der Waals surface area contributed by atoms with E-state index in [-0.39, 0.29) is 24.7 Å². The molecule has 0 aliphatic rings. The number of hydrogen-bond donors (Lipinski definition) is 1. The molecule has 1 unspecified atom stereocenters. The van der Waals surface area contributed by atoms with Gasteiger partial charge in [0, 0.05) is 22.9 Å². The van der Waals surface area contributed by atoms with E-state index in [2.05, 4.69) is 19.9 Å². The van der Waals surface area contributed by atoms with Gasteiger partial charge in [0.25, 0.3) is 0 Å². The molecule has 4 aromatic rings. The molecule has 0 spiro atoms. The van der Waals surface area contributed by atoms with Crippen LogP contribution in [0.25, 0.3) is 20.7 Å². The number of sulfonamides is 1. The normalized spacial score (nSPS) is 13.2. The summed E-state index contributed by atoms with van der Waals surface area (Å²) >= 11 is 8.52. The van der Waals surface area contributed by atoms with Gasteiger partial charge in [0.15, 0.2) is 5.82 Å². The summed E-state index contributed by atoms with van der Waals surface area (Å²) in [6, 6.07) is 6.62. The number of nitrogens with zero attached hydrogens (tertiary/aromatic N) is 3. The lowest BCUT2D eigenvalue weighted by Gasteiger charge is -2.08. The number of halogens is 2. The van der Waals surface area contributed by atoms with Crippen LogP contribution in [0.15, 0.2) is 28.7 Å². The lowest BCUT2D eigenvalue weighted by molar-refractivity contribution is 0.438. The summed E-state index contributed by atoms with van der Waals surface area (Å²) in [7, 11) is -3.32. The van der Waals surface area contributed by atoms with Crippen molar-refractivity contribution >= 4 is 54.5 Å². The van der Waals surface area contributed by atoms with E-state index >= 15 is 4.39 Å². The number of nitrogens with one attached hydrogen (secondary N) is 1. The Morgan fingerprint density at radius 3 is 2.67 bits per heavy atom. The Morgan fingerprint density at radius 1 is 1.20 bits per heavy atom. The highest BCUT2D eigenvalue weighted by Gasteiger charge is 2.18. The van der Waals surface area contributed by atoms with E-state index in [1.165, 1.54) is 22.7 Å². The molecule has 158 valence electrons. The van der Waals surface area contributed by atoms with E-state index in [0.29, 0.717) is 36.9 Å². The first-order valence-corrected chi connectivity index (χ1v) is 12.7. The lowest BCUT2D eigenvalue weighted by atomic mass is 10.1. The first kappa shape index (κ1) is 21.3. The maximum absolute atomic E-state index is 15.0. The van der Waals surface area contributed by atoms with Gasteiger partial charge in [-0.1, -0.05) is 11.6 Å². The van der Waals surface area contributed by atoms with E-state index in [1.54, 1.807) is 31.2 Å². The molecule has 0 saturated heterocycles. The molecule has 1 N–H and O–H groups in total. The van der Waals surface area contributed by atoms with Gasteiger partial charge in [-0.2, -0.15) is 0 Å². The second kappa shape index (κ2) is 8.31. The molecule has 0 aliphatic heterocycles. The Balaban J connectivity index is 1.52. The van der Waals surface area contributed by atoms with Crippen LogP contribution in [0.4, 0.5) is 4.39 Å². The molecule has 3 heterocycles. The highest BCUT2D eigenvalue weighted by molar-refractivity contribution is 7.88. The van der Waals surface area contributed by atoms with Crippen LogP contribution in [0, 0.1) is 5.82 Å². The number of thiazole rings is 1. The standard InChI is InChI=1S/C18H16ClFN4O3S3/c1-9(24-30(2,25)26)7-14-22-23-15(27-14)8-16-21-11-4-3-10(17(20)18(11)29-16)12-5-6-13(19)28-12/h3-6,9,24H,7-8H2,1-2H3. The van der Waals surface area contributed by atoms with Crippen molar-refractivity contribution in [2.75, 3.05) is 6.26 Å². The summed E-state index contributed by atoms with van der Waals surface area (Å²) in [5.74, 6) is 0.320. The maximum atomic E-state index is 15.0. The minimum Gasteiger partial charge on any atom is -0.425 e. The van der Waals surface area contributed by atoms with E-state index in [9.17, 15) is 8.42 Å². The summed E-state index contributed by atoms with van der Waals surface area (Å²) in [6.07, 6.45) is 1.62. The molecule has 1 atom stereocenters. The molecule has 4 rings (SSSR count). The third-order valence-corrected chi connectivity index (χ3v) is 7.25. The molecule has 0 fully saturated rings. The van der Waals surface area contributed by atoms with Gasteiger partial charge in [0.05, 0.1) is 27.2 Å². The number of fused-ring (bicyclic) bond motifs is 1. The van der Waals surface area contributed by atoms with Crippen molar-refractivity contribution < 1.29 is 17.2 Å². The third kappa shape index (κ3) is 4.86. The predicted molar refractivity (Wildman–Crippen MR) is 116 cm³/mol. The molecule has 7 nitrogen and oxygen atoms in total. The summed E-state index contributed by atoms with van der Waals surface area (Å²) < 4.78 is 46.7. The lowest BCUT2D eigenvalue weighted by Crippen LogP contribution is -2.33. The highest BCUT2D eigenvalue weighted by atomic mass is 35.5. The summed E-state index contributed by atoms with van der Waals surface area (Å²) in [6.45, 7) is 1.71. The maximum Gasteiger partial charge on any atom is 0.223 e. The van der Waals surface area contributed by atoms with Gasteiger partial charge >= 0.3 is 0 Å². The van der Waals surface area contributed by atoms with Crippen molar-refractivity contribution in [3.8, 4) is 10.4 Å². The number of thiophene rings is 1. The summed E-state index contributed by atoms with van der Waals surface area (Å²) in [4.78, 5) is 5.22. The van der Waals surface area contributed by atoms with E-state index < -0.39 is 10.0 Å². The largest absolute Gasteiger partial charge is 0.425 e. The van der Waals surface area contributed by atoms with Gasteiger partial charge in [0.1, 0.15) is 5.01 Å². The average molecular weight is 487 g/mol. The second-order valence-corrected chi connectivity index (χ2v) is 11.3. The Hall–Kier alpha value is -1.92.